The Morgan fingerprint density at radius 2 is 1.96 bits per heavy atom. The van der Waals surface area contributed by atoms with Gasteiger partial charge in [-0.05, 0) is 48.6 Å². The van der Waals surface area contributed by atoms with Gasteiger partial charge in [-0.3, -0.25) is 9.89 Å². The number of methoxy groups -OCH3 is 2. The maximum atomic E-state index is 14.1. The first-order valence-corrected chi connectivity index (χ1v) is 8.00. The van der Waals surface area contributed by atoms with Crippen molar-refractivity contribution in [3.63, 3.8) is 0 Å². The Morgan fingerprint density at radius 1 is 1.15 bits per heavy atom. The molecule has 0 unspecified atom stereocenters. The highest BCUT2D eigenvalue weighted by atomic mass is 19.1. The SMILES string of the molecule is COc1ccc(-c2cc(/C=C/C(=O)c3ccc(OC)c(O)c3)[nH]n2)c(F)c1. The Morgan fingerprint density at radius 3 is 2.63 bits per heavy atom. The Hall–Kier alpha value is -3.61. The summed E-state index contributed by atoms with van der Waals surface area (Å²) in [6.45, 7) is 0. The molecule has 7 heteroatoms. The molecule has 0 spiro atoms. The molecule has 3 rings (SSSR count). The Bertz CT molecular complexity index is 1010. The summed E-state index contributed by atoms with van der Waals surface area (Å²) in [5.74, 6) is -0.174. The van der Waals surface area contributed by atoms with Gasteiger partial charge in [0.2, 0.25) is 0 Å². The molecule has 138 valence electrons. The van der Waals surface area contributed by atoms with Gasteiger partial charge in [-0.25, -0.2) is 4.39 Å². The monoisotopic (exact) mass is 368 g/mol. The second-order valence-corrected chi connectivity index (χ2v) is 5.64. The zero-order chi connectivity index (χ0) is 19.4. The molecule has 0 atom stereocenters. The molecule has 6 nitrogen and oxygen atoms in total. The molecule has 0 fully saturated rings. The molecule has 1 heterocycles. The van der Waals surface area contributed by atoms with E-state index in [-0.39, 0.29) is 17.3 Å². The number of rotatable bonds is 6. The number of H-pyrrole nitrogens is 1. The molecule has 27 heavy (non-hydrogen) atoms. The Kier molecular flexibility index (Phi) is 5.21. The number of aromatic amines is 1. The second-order valence-electron chi connectivity index (χ2n) is 5.64. The first-order valence-electron chi connectivity index (χ1n) is 8.00. The summed E-state index contributed by atoms with van der Waals surface area (Å²) in [4.78, 5) is 12.2. The normalized spacial score (nSPS) is 10.9. The third-order valence-corrected chi connectivity index (χ3v) is 3.93. The fourth-order valence-electron chi connectivity index (χ4n) is 2.50. The lowest BCUT2D eigenvalue weighted by atomic mass is 10.1. The number of allylic oxidation sites excluding steroid dienone is 1. The van der Waals surface area contributed by atoms with Crippen LogP contribution in [0.25, 0.3) is 17.3 Å². The van der Waals surface area contributed by atoms with Gasteiger partial charge in [-0.2, -0.15) is 5.10 Å². The van der Waals surface area contributed by atoms with Crippen LogP contribution in [-0.4, -0.2) is 35.3 Å². The van der Waals surface area contributed by atoms with Crippen LogP contribution in [0.15, 0.2) is 48.5 Å². The highest BCUT2D eigenvalue weighted by molar-refractivity contribution is 6.07. The third kappa shape index (κ3) is 3.98. The molecule has 0 aliphatic heterocycles. The number of hydrogen-bond donors (Lipinski definition) is 2. The number of carbonyl (C=O) groups is 1. The number of hydrogen-bond acceptors (Lipinski definition) is 5. The van der Waals surface area contributed by atoms with Crippen LogP contribution in [0, 0.1) is 5.82 Å². The van der Waals surface area contributed by atoms with E-state index in [2.05, 4.69) is 10.2 Å². The first-order chi connectivity index (χ1) is 13.0. The van der Waals surface area contributed by atoms with Crippen LogP contribution in [-0.2, 0) is 0 Å². The zero-order valence-electron chi connectivity index (χ0n) is 14.7. The third-order valence-electron chi connectivity index (χ3n) is 3.93. The van der Waals surface area contributed by atoms with Crippen molar-refractivity contribution in [2.75, 3.05) is 14.2 Å². The van der Waals surface area contributed by atoms with Crippen LogP contribution < -0.4 is 9.47 Å². The fourth-order valence-corrected chi connectivity index (χ4v) is 2.50. The van der Waals surface area contributed by atoms with E-state index in [1.807, 2.05) is 0 Å². The summed E-state index contributed by atoms with van der Waals surface area (Å²) in [5, 5.41) is 16.6. The van der Waals surface area contributed by atoms with E-state index in [0.717, 1.165) is 0 Å². The van der Waals surface area contributed by atoms with Gasteiger partial charge >= 0.3 is 0 Å². The van der Waals surface area contributed by atoms with Crippen molar-refractivity contribution in [2.45, 2.75) is 0 Å². The van der Waals surface area contributed by atoms with E-state index >= 15 is 0 Å². The van der Waals surface area contributed by atoms with Crippen molar-refractivity contribution in [3.8, 4) is 28.5 Å². The van der Waals surface area contributed by atoms with E-state index in [0.29, 0.717) is 28.3 Å². The molecule has 2 aromatic carbocycles. The zero-order valence-corrected chi connectivity index (χ0v) is 14.7. The molecular weight excluding hydrogens is 351 g/mol. The maximum Gasteiger partial charge on any atom is 0.186 e. The summed E-state index contributed by atoms with van der Waals surface area (Å²) >= 11 is 0. The molecule has 2 N–H and O–H groups in total. The lowest BCUT2D eigenvalue weighted by molar-refractivity contribution is 0.104. The lowest BCUT2D eigenvalue weighted by Crippen LogP contribution is -1.94. The van der Waals surface area contributed by atoms with Crippen LogP contribution in [0.2, 0.25) is 0 Å². The molecule has 0 aliphatic rings. The van der Waals surface area contributed by atoms with Gasteiger partial charge in [0, 0.05) is 17.2 Å². The van der Waals surface area contributed by atoms with Crippen LogP contribution in [0.4, 0.5) is 4.39 Å². The van der Waals surface area contributed by atoms with Crippen LogP contribution >= 0.6 is 0 Å². The van der Waals surface area contributed by atoms with Gasteiger partial charge in [-0.15, -0.1) is 0 Å². The van der Waals surface area contributed by atoms with Crippen molar-refractivity contribution in [1.29, 1.82) is 0 Å². The molecular formula is C20H17FN2O4. The summed E-state index contributed by atoms with van der Waals surface area (Å²) in [5.41, 5.74) is 1.57. The molecule has 0 saturated heterocycles. The average molecular weight is 368 g/mol. The number of nitrogens with one attached hydrogen (secondary N) is 1. The predicted molar refractivity (Wildman–Crippen MR) is 98.6 cm³/mol. The van der Waals surface area contributed by atoms with Crippen molar-refractivity contribution in [2.24, 2.45) is 0 Å². The van der Waals surface area contributed by atoms with Gasteiger partial charge in [-0.1, -0.05) is 0 Å². The summed E-state index contributed by atoms with van der Waals surface area (Å²) < 4.78 is 24.1. The van der Waals surface area contributed by atoms with E-state index < -0.39 is 5.82 Å². The largest absolute Gasteiger partial charge is 0.504 e. The van der Waals surface area contributed by atoms with E-state index in [1.165, 1.54) is 44.6 Å². The van der Waals surface area contributed by atoms with Crippen molar-refractivity contribution in [1.82, 2.24) is 10.2 Å². The number of carbonyl (C=O) groups excluding carboxylic acids is 1. The molecule has 1 aromatic heterocycles. The molecule has 0 aliphatic carbocycles. The predicted octanol–water partition coefficient (Wildman–Crippen LogP) is 3.83. The smallest absolute Gasteiger partial charge is 0.186 e. The quantitative estimate of drug-likeness (QED) is 0.510. The number of ketones is 1. The minimum atomic E-state index is -0.457. The number of aromatic nitrogens is 2. The summed E-state index contributed by atoms with van der Waals surface area (Å²) in [6.07, 6.45) is 2.87. The van der Waals surface area contributed by atoms with Crippen LogP contribution in [0.5, 0.6) is 17.2 Å². The lowest BCUT2D eigenvalue weighted by Gasteiger charge is -2.03. The Labute approximate surface area is 154 Å². The van der Waals surface area contributed by atoms with E-state index in [1.54, 1.807) is 24.3 Å². The summed E-state index contributed by atoms with van der Waals surface area (Å²) in [6, 6.07) is 10.5. The number of benzene rings is 2. The highest BCUT2D eigenvalue weighted by Crippen LogP contribution is 2.27. The molecule has 0 radical (unpaired) electrons. The molecule has 0 saturated carbocycles. The number of phenolic OH excluding ortho intramolecular Hbond substituents is 1. The van der Waals surface area contributed by atoms with Gasteiger partial charge in [0.25, 0.3) is 0 Å². The number of phenols is 1. The molecule has 0 bridgehead atoms. The van der Waals surface area contributed by atoms with Crippen molar-refractivity contribution in [3.05, 3.63) is 65.6 Å². The van der Waals surface area contributed by atoms with Crippen LogP contribution in [0.1, 0.15) is 16.1 Å². The van der Waals surface area contributed by atoms with E-state index in [9.17, 15) is 14.3 Å². The summed E-state index contributed by atoms with van der Waals surface area (Å²) in [7, 11) is 2.89. The number of halogens is 1. The second kappa shape index (κ2) is 7.74. The fraction of sp³-hybridized carbons (Fsp3) is 0.100. The topological polar surface area (TPSA) is 84.4 Å². The van der Waals surface area contributed by atoms with Crippen LogP contribution in [0.3, 0.4) is 0 Å². The van der Waals surface area contributed by atoms with Crippen molar-refractivity contribution >= 4 is 11.9 Å². The number of ether oxygens (including phenoxy) is 2. The van der Waals surface area contributed by atoms with Gasteiger partial charge in [0.15, 0.2) is 17.3 Å². The van der Waals surface area contributed by atoms with Gasteiger partial charge in [0.1, 0.15) is 11.6 Å². The standard InChI is InChI=1S/C20H17FN2O4/c1-26-14-5-6-15(16(21)11-14)17-10-13(22-23-17)4-7-18(24)12-3-8-20(27-2)19(25)9-12/h3-11,25H,1-2H3,(H,22,23)/b7-4+. The Balaban J connectivity index is 1.77. The molecule has 0 amide bonds. The minimum absolute atomic E-state index is 0.115. The average Bonchev–Trinajstić information content (AvgIpc) is 3.14. The first kappa shape index (κ1) is 18.2. The number of nitrogens with zero attached hydrogens (tertiary/aromatic N) is 1. The van der Waals surface area contributed by atoms with E-state index in [4.69, 9.17) is 9.47 Å². The number of aromatic hydroxyl groups is 1. The van der Waals surface area contributed by atoms with Crippen molar-refractivity contribution < 1.29 is 23.8 Å². The minimum Gasteiger partial charge on any atom is -0.504 e. The highest BCUT2D eigenvalue weighted by Gasteiger charge is 2.11. The van der Waals surface area contributed by atoms with Gasteiger partial charge < -0.3 is 14.6 Å². The van der Waals surface area contributed by atoms with Gasteiger partial charge in [0.05, 0.1) is 25.6 Å². The molecule has 3 aromatic rings. The maximum absolute atomic E-state index is 14.1.